The molecule has 0 N–H and O–H groups in total. The topological polar surface area (TPSA) is 34.0 Å². The molecule has 1 aliphatic heterocycles. The standard InChI is InChI=1S/C24H29FN4/c1-17-11-20(12-19-6-8-23(25)9-7-19)13-24(27-17)21-5-4-10-29(15-21)16-22-14-26-28(3)18(22)2/h6-9,11,13-14,21H,4-5,10,12,15-16H2,1-3H3/t21-/m0/s1. The second kappa shape index (κ2) is 8.46. The van der Waals surface area contributed by atoms with Crippen LogP contribution in [-0.2, 0) is 20.0 Å². The van der Waals surface area contributed by atoms with Crippen LogP contribution in [0, 0.1) is 19.7 Å². The van der Waals surface area contributed by atoms with E-state index in [2.05, 4.69) is 36.0 Å². The zero-order valence-electron chi connectivity index (χ0n) is 17.5. The van der Waals surface area contributed by atoms with Gasteiger partial charge in [0.15, 0.2) is 0 Å². The molecule has 3 heterocycles. The molecule has 4 nitrogen and oxygen atoms in total. The lowest BCUT2D eigenvalue weighted by Crippen LogP contribution is -2.34. The van der Waals surface area contributed by atoms with Crippen molar-refractivity contribution in [2.45, 2.75) is 45.6 Å². The van der Waals surface area contributed by atoms with Gasteiger partial charge in [0.1, 0.15) is 5.82 Å². The molecule has 0 aliphatic carbocycles. The van der Waals surface area contributed by atoms with Gasteiger partial charge in [-0.1, -0.05) is 12.1 Å². The van der Waals surface area contributed by atoms with Crippen LogP contribution in [0.5, 0.6) is 0 Å². The first-order valence-electron chi connectivity index (χ1n) is 10.4. The largest absolute Gasteiger partial charge is 0.298 e. The van der Waals surface area contributed by atoms with E-state index in [4.69, 9.17) is 4.98 Å². The number of benzene rings is 1. The molecule has 29 heavy (non-hydrogen) atoms. The Balaban J connectivity index is 1.49. The van der Waals surface area contributed by atoms with E-state index in [0.717, 1.165) is 37.3 Å². The molecule has 0 saturated carbocycles. The minimum atomic E-state index is -0.188. The Hall–Kier alpha value is -2.53. The second-order valence-electron chi connectivity index (χ2n) is 8.30. The third kappa shape index (κ3) is 4.73. The van der Waals surface area contributed by atoms with Gasteiger partial charge < -0.3 is 0 Å². The van der Waals surface area contributed by atoms with E-state index in [1.165, 1.54) is 47.5 Å². The van der Waals surface area contributed by atoms with E-state index in [1.807, 2.05) is 30.1 Å². The Morgan fingerprint density at radius 2 is 1.90 bits per heavy atom. The maximum absolute atomic E-state index is 13.2. The van der Waals surface area contributed by atoms with Gasteiger partial charge in [0, 0.05) is 48.7 Å². The highest BCUT2D eigenvalue weighted by Crippen LogP contribution is 2.28. The average molecular weight is 393 g/mol. The number of hydrogen-bond donors (Lipinski definition) is 0. The van der Waals surface area contributed by atoms with Crippen molar-refractivity contribution >= 4 is 0 Å². The van der Waals surface area contributed by atoms with Gasteiger partial charge in [-0.2, -0.15) is 5.10 Å². The number of piperidine rings is 1. The van der Waals surface area contributed by atoms with Crippen molar-refractivity contribution in [2.24, 2.45) is 7.05 Å². The molecule has 1 aromatic carbocycles. The number of nitrogens with zero attached hydrogens (tertiary/aromatic N) is 4. The number of rotatable bonds is 5. The van der Waals surface area contributed by atoms with Crippen molar-refractivity contribution in [3.8, 4) is 0 Å². The fourth-order valence-electron chi connectivity index (χ4n) is 4.30. The molecule has 0 amide bonds. The summed E-state index contributed by atoms with van der Waals surface area (Å²) in [5.74, 6) is 0.263. The Morgan fingerprint density at radius 1 is 1.10 bits per heavy atom. The normalized spacial score (nSPS) is 17.6. The molecule has 0 bridgehead atoms. The second-order valence-corrected chi connectivity index (χ2v) is 8.30. The Morgan fingerprint density at radius 3 is 2.62 bits per heavy atom. The van der Waals surface area contributed by atoms with Gasteiger partial charge in [-0.05, 0) is 75.0 Å². The highest BCUT2D eigenvalue weighted by atomic mass is 19.1. The van der Waals surface area contributed by atoms with Crippen LogP contribution in [-0.4, -0.2) is 32.8 Å². The molecule has 0 spiro atoms. The molecule has 1 atom stereocenters. The van der Waals surface area contributed by atoms with Gasteiger partial charge in [0.05, 0.1) is 6.20 Å². The summed E-state index contributed by atoms with van der Waals surface area (Å²) in [4.78, 5) is 7.40. The lowest BCUT2D eigenvalue weighted by atomic mass is 9.92. The molecule has 0 radical (unpaired) electrons. The van der Waals surface area contributed by atoms with Crippen molar-refractivity contribution in [1.82, 2.24) is 19.7 Å². The number of hydrogen-bond acceptors (Lipinski definition) is 3. The predicted octanol–water partition coefficient (Wildman–Crippen LogP) is 4.54. The molecular formula is C24H29FN4. The monoisotopic (exact) mass is 392 g/mol. The minimum Gasteiger partial charge on any atom is -0.298 e. The summed E-state index contributed by atoms with van der Waals surface area (Å²) in [6, 6.07) is 11.2. The number of aromatic nitrogens is 3. The lowest BCUT2D eigenvalue weighted by Gasteiger charge is -2.32. The lowest BCUT2D eigenvalue weighted by molar-refractivity contribution is 0.198. The number of likely N-dealkylation sites (tertiary alicyclic amines) is 1. The maximum atomic E-state index is 13.2. The van der Waals surface area contributed by atoms with Gasteiger partial charge >= 0.3 is 0 Å². The molecule has 5 heteroatoms. The van der Waals surface area contributed by atoms with Gasteiger partial charge in [-0.15, -0.1) is 0 Å². The maximum Gasteiger partial charge on any atom is 0.123 e. The summed E-state index contributed by atoms with van der Waals surface area (Å²) >= 11 is 0. The van der Waals surface area contributed by atoms with E-state index < -0.39 is 0 Å². The van der Waals surface area contributed by atoms with Crippen molar-refractivity contribution in [1.29, 1.82) is 0 Å². The molecule has 0 unspecified atom stereocenters. The molecule has 3 aromatic rings. The molecule has 1 fully saturated rings. The van der Waals surface area contributed by atoms with E-state index in [1.54, 1.807) is 0 Å². The van der Waals surface area contributed by atoms with Gasteiger partial charge in [-0.25, -0.2) is 4.39 Å². The van der Waals surface area contributed by atoms with Crippen molar-refractivity contribution < 1.29 is 4.39 Å². The number of halogens is 1. The minimum absolute atomic E-state index is 0.188. The van der Waals surface area contributed by atoms with Gasteiger partial charge in [-0.3, -0.25) is 14.6 Å². The van der Waals surface area contributed by atoms with Crippen LogP contribution in [0.25, 0.3) is 0 Å². The fraction of sp³-hybridized carbons (Fsp3) is 0.417. The summed E-state index contributed by atoms with van der Waals surface area (Å²) < 4.78 is 15.1. The van der Waals surface area contributed by atoms with Crippen LogP contribution in [0.4, 0.5) is 4.39 Å². The zero-order chi connectivity index (χ0) is 20.4. The molecule has 152 valence electrons. The summed E-state index contributed by atoms with van der Waals surface area (Å²) in [5, 5.41) is 4.38. The average Bonchev–Trinajstić information content (AvgIpc) is 3.02. The van der Waals surface area contributed by atoms with Crippen LogP contribution in [0.2, 0.25) is 0 Å². The third-order valence-corrected chi connectivity index (χ3v) is 6.01. The molecule has 1 aliphatic rings. The predicted molar refractivity (Wildman–Crippen MR) is 113 cm³/mol. The summed E-state index contributed by atoms with van der Waals surface area (Å²) in [6.07, 6.45) is 5.16. The Kier molecular flexibility index (Phi) is 5.76. The quantitative estimate of drug-likeness (QED) is 0.639. The van der Waals surface area contributed by atoms with Crippen molar-refractivity contribution in [2.75, 3.05) is 13.1 Å². The van der Waals surface area contributed by atoms with E-state index in [-0.39, 0.29) is 5.82 Å². The van der Waals surface area contributed by atoms with Crippen LogP contribution in [0.3, 0.4) is 0 Å². The molecule has 2 aromatic heterocycles. The number of aryl methyl sites for hydroxylation is 2. The van der Waals surface area contributed by atoms with Gasteiger partial charge in [0.2, 0.25) is 0 Å². The summed E-state index contributed by atoms with van der Waals surface area (Å²) in [7, 11) is 2.00. The molecule has 4 rings (SSSR count). The van der Waals surface area contributed by atoms with Gasteiger partial charge in [0.25, 0.3) is 0 Å². The molecular weight excluding hydrogens is 363 g/mol. The Labute approximate surface area is 172 Å². The fourth-order valence-corrected chi connectivity index (χ4v) is 4.30. The third-order valence-electron chi connectivity index (χ3n) is 6.01. The van der Waals surface area contributed by atoms with E-state index >= 15 is 0 Å². The summed E-state index contributed by atoms with van der Waals surface area (Å²) in [5.41, 5.74) is 7.17. The first kappa shape index (κ1) is 19.8. The number of pyridine rings is 1. The van der Waals surface area contributed by atoms with Crippen LogP contribution < -0.4 is 0 Å². The van der Waals surface area contributed by atoms with Crippen LogP contribution >= 0.6 is 0 Å². The van der Waals surface area contributed by atoms with Crippen LogP contribution in [0.1, 0.15) is 52.5 Å². The first-order valence-corrected chi connectivity index (χ1v) is 10.4. The SMILES string of the molecule is Cc1cc(Cc2ccc(F)cc2)cc([C@H]2CCCN(Cc3cnn(C)c3C)C2)n1. The van der Waals surface area contributed by atoms with E-state index in [9.17, 15) is 4.39 Å². The smallest absolute Gasteiger partial charge is 0.123 e. The van der Waals surface area contributed by atoms with Crippen LogP contribution in [0.15, 0.2) is 42.6 Å². The highest BCUT2D eigenvalue weighted by Gasteiger charge is 2.24. The van der Waals surface area contributed by atoms with E-state index in [0.29, 0.717) is 5.92 Å². The summed E-state index contributed by atoms with van der Waals surface area (Å²) in [6.45, 7) is 7.30. The highest BCUT2D eigenvalue weighted by molar-refractivity contribution is 5.30. The molecule has 1 saturated heterocycles. The van der Waals surface area contributed by atoms with Crippen molar-refractivity contribution in [3.05, 3.63) is 82.2 Å². The van der Waals surface area contributed by atoms with Crippen molar-refractivity contribution in [3.63, 3.8) is 0 Å². The Bertz CT molecular complexity index is 977. The first-order chi connectivity index (χ1) is 14.0. The zero-order valence-corrected chi connectivity index (χ0v) is 17.5.